The Bertz CT molecular complexity index is 3320. The van der Waals surface area contributed by atoms with Crippen molar-refractivity contribution in [3.8, 4) is 56.3 Å². The number of fused-ring (bicyclic) bond motifs is 1. The molecule has 72 heavy (non-hydrogen) atoms. The third-order valence-electron chi connectivity index (χ3n) is 14.4. The van der Waals surface area contributed by atoms with Crippen LogP contribution in [0.15, 0.2) is 146 Å². The molecule has 0 spiro atoms. The maximum Gasteiger partial charge on any atom is 0.342 e. The molecule has 1 aliphatic heterocycles. The number of aromatic nitrogens is 3. The van der Waals surface area contributed by atoms with Crippen LogP contribution in [0.2, 0.25) is 0 Å². The van der Waals surface area contributed by atoms with E-state index < -0.39 is 0 Å². The molecule has 1 N–H and O–H groups in total. The topological polar surface area (TPSA) is 54.2 Å². The van der Waals surface area contributed by atoms with Gasteiger partial charge in [-0.05, 0) is 112 Å². The van der Waals surface area contributed by atoms with Crippen molar-refractivity contribution < 1.29 is 26.2 Å². The van der Waals surface area contributed by atoms with E-state index in [9.17, 15) is 5.11 Å². The van der Waals surface area contributed by atoms with E-state index in [2.05, 4.69) is 259 Å². The quantitative estimate of drug-likeness (QED) is 0.128. The molecule has 2 aromatic heterocycles. The third kappa shape index (κ3) is 9.97. The molecule has 8 aromatic rings. The van der Waals surface area contributed by atoms with E-state index in [0.717, 1.165) is 72.7 Å². The fourth-order valence-corrected chi connectivity index (χ4v) is 10.2. The minimum absolute atomic E-state index is 0. The Morgan fingerprint density at radius 1 is 0.556 bits per heavy atom. The number of hydrogen-bond donors (Lipinski definition) is 1. The van der Waals surface area contributed by atoms with Crippen LogP contribution < -0.4 is 11.1 Å². The van der Waals surface area contributed by atoms with Crippen molar-refractivity contribution >= 4 is 23.5 Å². The van der Waals surface area contributed by atoms with Gasteiger partial charge in [0.05, 0.1) is 16.9 Å². The van der Waals surface area contributed by atoms with Gasteiger partial charge in [0.1, 0.15) is 11.6 Å². The first-order valence-electron chi connectivity index (χ1n) is 25.2. The van der Waals surface area contributed by atoms with Gasteiger partial charge in [0.2, 0.25) is 0 Å². The predicted octanol–water partition coefficient (Wildman–Crippen LogP) is 14.7. The van der Waals surface area contributed by atoms with Gasteiger partial charge in [0, 0.05) is 49.7 Å². The number of pyridine rings is 1. The fraction of sp³-hybridized carbons (Fsp3) is 0.292. The van der Waals surface area contributed by atoms with Gasteiger partial charge in [-0.1, -0.05) is 197 Å². The van der Waals surface area contributed by atoms with E-state index in [4.69, 9.17) is 9.97 Å². The minimum atomic E-state index is -0.364. The Labute approximate surface area is 444 Å². The van der Waals surface area contributed by atoms with Crippen LogP contribution >= 0.6 is 0 Å². The smallest absolute Gasteiger partial charge is 0.342 e. The number of hydrogen-bond acceptors (Lipinski definition) is 4. The molecular weight excluding hydrogens is 1060 g/mol. The number of aryl methyl sites for hydroxylation is 2. The van der Waals surface area contributed by atoms with Crippen LogP contribution in [0.25, 0.3) is 56.2 Å². The second-order valence-corrected chi connectivity index (χ2v) is 23.9. The molecule has 6 aromatic carbocycles. The van der Waals surface area contributed by atoms with Crippen molar-refractivity contribution in [3.63, 3.8) is 0 Å². The monoisotopic (exact) mass is 1130 g/mol. The summed E-state index contributed by atoms with van der Waals surface area (Å²) in [5.41, 5.74) is 18.8. The van der Waals surface area contributed by atoms with E-state index in [1.807, 2.05) is 6.20 Å². The molecule has 7 heteroatoms. The van der Waals surface area contributed by atoms with Gasteiger partial charge >= 0.3 is 6.85 Å². The van der Waals surface area contributed by atoms with Gasteiger partial charge in [-0.15, -0.1) is 29.3 Å². The molecule has 0 unspecified atom stereocenters. The van der Waals surface area contributed by atoms with Crippen LogP contribution in [0.5, 0.6) is 5.75 Å². The van der Waals surface area contributed by atoms with Crippen molar-refractivity contribution in [2.75, 3.05) is 7.05 Å². The first-order chi connectivity index (χ1) is 33.4. The zero-order valence-corrected chi connectivity index (χ0v) is 47.3. The normalized spacial score (nSPS) is 13.2. The molecule has 0 amide bonds. The summed E-state index contributed by atoms with van der Waals surface area (Å²) in [4.78, 5) is 13.3. The molecule has 0 radical (unpaired) electrons. The van der Waals surface area contributed by atoms with E-state index in [1.165, 1.54) is 27.7 Å². The molecule has 0 bridgehead atoms. The molecular formula is C65H70BN4OPt-. The van der Waals surface area contributed by atoms with Crippen molar-refractivity contribution in [1.82, 2.24) is 19.3 Å². The zero-order chi connectivity index (χ0) is 50.9. The number of aromatic hydroxyl groups is 1. The van der Waals surface area contributed by atoms with Crippen molar-refractivity contribution in [2.24, 2.45) is 0 Å². The Morgan fingerprint density at radius 2 is 1.12 bits per heavy atom. The van der Waals surface area contributed by atoms with Crippen LogP contribution in [-0.4, -0.2) is 38.3 Å². The van der Waals surface area contributed by atoms with Crippen LogP contribution in [0.3, 0.4) is 0 Å². The number of rotatable bonds is 7. The Kier molecular flexibility index (Phi) is 14.0. The minimum Gasteiger partial charge on any atom is -0.507 e. The summed E-state index contributed by atoms with van der Waals surface area (Å²) in [5, 5.41) is 12.9. The average Bonchev–Trinajstić information content (AvgIpc) is 3.71. The molecule has 5 nitrogen and oxygen atoms in total. The van der Waals surface area contributed by atoms with Gasteiger partial charge in [-0.2, -0.15) is 0 Å². The van der Waals surface area contributed by atoms with Crippen molar-refractivity contribution in [3.05, 3.63) is 197 Å². The van der Waals surface area contributed by atoms with Crippen molar-refractivity contribution in [1.29, 1.82) is 0 Å². The molecule has 3 heterocycles. The number of phenols is 1. The molecule has 9 rings (SSSR count). The number of imidazole rings is 1. The second-order valence-electron chi connectivity index (χ2n) is 23.9. The molecule has 0 fully saturated rings. The first-order valence-corrected chi connectivity index (χ1v) is 25.2. The van der Waals surface area contributed by atoms with E-state index in [0.29, 0.717) is 11.4 Å². The summed E-state index contributed by atoms with van der Waals surface area (Å²) in [6, 6.07) is 51.9. The van der Waals surface area contributed by atoms with Gasteiger partial charge in [0.15, 0.2) is 0 Å². The van der Waals surface area contributed by atoms with Crippen LogP contribution in [0.4, 0.5) is 0 Å². The first kappa shape index (κ1) is 52.1. The summed E-state index contributed by atoms with van der Waals surface area (Å²) in [7, 11) is 2.20. The second kappa shape index (κ2) is 19.3. The predicted molar refractivity (Wildman–Crippen MR) is 301 cm³/mol. The van der Waals surface area contributed by atoms with Gasteiger partial charge < -0.3 is 14.5 Å². The van der Waals surface area contributed by atoms with Crippen LogP contribution in [-0.2, 0) is 42.7 Å². The Hall–Kier alpha value is -6.23. The average molecular weight is 1130 g/mol. The maximum absolute atomic E-state index is 12.9. The number of benzene rings is 6. The number of phenolic OH excluding ortho intramolecular Hbond substituents is 1. The van der Waals surface area contributed by atoms with E-state index in [1.54, 1.807) is 0 Å². The number of nitrogens with zero attached hydrogens (tertiary/aromatic N) is 4. The molecule has 0 atom stereocenters. The van der Waals surface area contributed by atoms with Gasteiger partial charge in [-0.25, -0.2) is 4.98 Å². The Morgan fingerprint density at radius 3 is 1.72 bits per heavy atom. The van der Waals surface area contributed by atoms with Crippen LogP contribution in [0, 0.1) is 19.9 Å². The standard InChI is InChI=1S/C65H70BN4O.Pt/c1-41-23-22-24-42(2)57(41)66-60-58(53(40-69(66)15)46-33-47(35-49(34-46)63(6,7)8)55-36-45(31-32-67-55)43-25-18-16-19-26-43)68-61(52-38-50(64(9,10)11)39-54(59(52)71)65(12,13)14)70(60)56-30-29-48(62(3,4)5)37-51(56)44-27-20-17-21-28-44;/h16-32,34-40,71H,1-15H3;/q-1;. The summed E-state index contributed by atoms with van der Waals surface area (Å²) in [6.07, 6.45) is 4.19. The van der Waals surface area contributed by atoms with E-state index in [-0.39, 0.29) is 55.3 Å². The molecule has 0 aliphatic carbocycles. The van der Waals surface area contributed by atoms with Crippen LogP contribution in [0.1, 0.15) is 128 Å². The molecule has 1 aliphatic rings. The van der Waals surface area contributed by atoms with E-state index >= 15 is 0 Å². The van der Waals surface area contributed by atoms with Crippen molar-refractivity contribution in [2.45, 2.75) is 119 Å². The summed E-state index contributed by atoms with van der Waals surface area (Å²) >= 11 is 0. The molecule has 0 saturated carbocycles. The fourth-order valence-electron chi connectivity index (χ4n) is 10.2. The third-order valence-corrected chi connectivity index (χ3v) is 14.4. The molecule has 0 saturated heterocycles. The summed E-state index contributed by atoms with van der Waals surface area (Å²) < 4.78 is 2.40. The largest absolute Gasteiger partial charge is 0.507 e. The van der Waals surface area contributed by atoms with Gasteiger partial charge in [0.25, 0.3) is 0 Å². The summed E-state index contributed by atoms with van der Waals surface area (Å²) in [6.45, 7) is 31.1. The van der Waals surface area contributed by atoms with Gasteiger partial charge in [-0.3, -0.25) is 4.98 Å². The SMILES string of the molecule is Cc1cccc(C)c1B1c2c(nc(-c3cc(C(C)(C)C)cc(C(C)(C)C)c3O)n2-c2ccc(C(C)(C)C)cc2-c2ccccc2)C(c2[c-]c(-c3cc(-c4ccccc4)ccn3)cc(C(C)(C)C)c2)=CN1C.[Pt]. The zero-order valence-electron chi connectivity index (χ0n) is 45.0. The maximum atomic E-state index is 12.9. The Balaban J connectivity index is 0.00000693. The summed E-state index contributed by atoms with van der Waals surface area (Å²) in [5.74, 6) is 0.934. The molecule has 370 valence electrons.